The second-order valence-corrected chi connectivity index (χ2v) is 1.87. The molecule has 5 nitrogen and oxygen atoms in total. The summed E-state index contributed by atoms with van der Waals surface area (Å²) in [7, 11) is 0. The van der Waals surface area contributed by atoms with Gasteiger partial charge in [-0.25, -0.2) is 0 Å². The number of carbonyl (C=O) groups is 1. The lowest BCUT2D eigenvalue weighted by Gasteiger charge is -2.20. The fourth-order valence-electron chi connectivity index (χ4n) is 0.554. The smallest absolute Gasteiger partial charge is 0.308 e. The van der Waals surface area contributed by atoms with Crippen molar-refractivity contribution in [2.24, 2.45) is 5.73 Å². The first-order valence-electron chi connectivity index (χ1n) is 2.69. The minimum Gasteiger partial charge on any atom is -0.458 e. The van der Waals surface area contributed by atoms with E-state index in [1.54, 1.807) is 0 Å². The van der Waals surface area contributed by atoms with Crippen molar-refractivity contribution in [2.45, 2.75) is 5.79 Å². The number of ether oxygens (including phenoxy) is 1. The van der Waals surface area contributed by atoms with Gasteiger partial charge in [0.1, 0.15) is 0 Å². The van der Waals surface area contributed by atoms with Gasteiger partial charge in [0, 0.05) is 0 Å². The van der Waals surface area contributed by atoms with Gasteiger partial charge in [-0.05, 0) is 12.2 Å². The van der Waals surface area contributed by atoms with E-state index in [0.717, 1.165) is 0 Å². The molecule has 0 spiro atoms. The molecule has 1 heterocycles. The Hall–Kier alpha value is -1.33. The molecule has 0 aromatic rings. The zero-order valence-corrected chi connectivity index (χ0v) is 5.86. The van der Waals surface area contributed by atoms with E-state index < -0.39 is 11.7 Å². The lowest BCUT2D eigenvalue weighted by molar-refractivity contribution is -0.167. The maximum Gasteiger partial charge on any atom is 0.308 e. The molecule has 1 aliphatic rings. The molecule has 1 aliphatic heterocycles. The van der Waals surface area contributed by atoms with E-state index in [0.29, 0.717) is 0 Å². The van der Waals surface area contributed by atoms with Gasteiger partial charge in [-0.15, -0.1) is 0 Å². The number of amides is 1. The van der Waals surface area contributed by atoms with Crippen molar-refractivity contribution in [1.29, 1.82) is 0 Å². The maximum absolute atomic E-state index is 10.4. The molecule has 1 rings (SSSR count). The predicted molar refractivity (Wildman–Crippen MR) is 38.5 cm³/mol. The van der Waals surface area contributed by atoms with Crippen LogP contribution >= 0.6 is 0 Å². The van der Waals surface area contributed by atoms with Crippen LogP contribution in [0.25, 0.3) is 0 Å². The number of aliphatic hydroxyl groups is 1. The van der Waals surface area contributed by atoms with Crippen LogP contribution in [0, 0.1) is 0 Å². The monoisotopic (exact) mass is 158 g/mol. The van der Waals surface area contributed by atoms with Crippen molar-refractivity contribution >= 4 is 5.91 Å². The minimum absolute atomic E-state index is 0. The number of carbonyl (C=O) groups excluding carboxylic acids is 1. The largest absolute Gasteiger partial charge is 0.458 e. The van der Waals surface area contributed by atoms with Crippen LogP contribution in [0.4, 0.5) is 0 Å². The molecule has 0 saturated heterocycles. The first kappa shape index (κ1) is 9.67. The van der Waals surface area contributed by atoms with Crippen LogP contribution in [0.2, 0.25) is 0 Å². The summed E-state index contributed by atoms with van der Waals surface area (Å²) in [6.07, 6.45) is 5.39. The molecule has 0 radical (unpaired) electrons. The highest BCUT2D eigenvalue weighted by Gasteiger charge is 2.32. The van der Waals surface area contributed by atoms with Crippen LogP contribution in [0.3, 0.4) is 0 Å². The molecular weight excluding hydrogens is 148 g/mol. The zero-order chi connectivity index (χ0) is 7.61. The number of allylic oxidation sites excluding steroid dienone is 2. The van der Waals surface area contributed by atoms with Gasteiger partial charge in [-0.2, -0.15) is 0 Å². The first-order valence-corrected chi connectivity index (χ1v) is 2.69. The molecule has 0 aromatic carbocycles. The van der Waals surface area contributed by atoms with Gasteiger partial charge in [-0.1, -0.05) is 6.08 Å². The molecular formula is C6H10N2O3. The average Bonchev–Trinajstić information content (AvgIpc) is 1.89. The first-order chi connectivity index (χ1) is 4.65. The summed E-state index contributed by atoms with van der Waals surface area (Å²) in [6.45, 7) is 0. The van der Waals surface area contributed by atoms with Gasteiger partial charge < -0.3 is 21.7 Å². The minimum atomic E-state index is -1.95. The molecule has 1 amide bonds. The Morgan fingerprint density at radius 3 is 2.45 bits per heavy atom. The highest BCUT2D eigenvalue weighted by Crippen LogP contribution is 2.12. The molecule has 1 atom stereocenters. The predicted octanol–water partition coefficient (Wildman–Crippen LogP) is -0.578. The molecule has 0 fully saturated rings. The average molecular weight is 158 g/mol. The van der Waals surface area contributed by atoms with E-state index in [2.05, 4.69) is 4.74 Å². The highest BCUT2D eigenvalue weighted by molar-refractivity contribution is 5.84. The fourth-order valence-corrected chi connectivity index (χ4v) is 0.554. The quantitative estimate of drug-likeness (QED) is 0.474. The Bertz CT molecular complexity index is 212. The number of hydrogen-bond acceptors (Lipinski definition) is 4. The summed E-state index contributed by atoms with van der Waals surface area (Å²) in [4.78, 5) is 10.4. The summed E-state index contributed by atoms with van der Waals surface area (Å²) < 4.78 is 4.54. The number of primary amides is 1. The Labute approximate surface area is 63.7 Å². The Balaban J connectivity index is 0.000001000. The Kier molecular flexibility index (Phi) is 2.79. The lowest BCUT2D eigenvalue weighted by Crippen LogP contribution is -2.43. The van der Waals surface area contributed by atoms with Crippen molar-refractivity contribution in [1.82, 2.24) is 6.15 Å². The summed E-state index contributed by atoms with van der Waals surface area (Å²) in [5.41, 5.74) is 4.80. The molecule has 1 unspecified atom stereocenters. The second-order valence-electron chi connectivity index (χ2n) is 1.87. The van der Waals surface area contributed by atoms with E-state index in [4.69, 9.17) is 10.8 Å². The third kappa shape index (κ3) is 1.79. The summed E-state index contributed by atoms with van der Waals surface area (Å²) in [6, 6.07) is 0. The molecule has 11 heavy (non-hydrogen) atoms. The normalized spacial score (nSPS) is 27.0. The van der Waals surface area contributed by atoms with E-state index in [1.165, 1.54) is 24.5 Å². The topological polar surface area (TPSA) is 108 Å². The molecule has 62 valence electrons. The Morgan fingerprint density at radius 2 is 2.18 bits per heavy atom. The summed E-state index contributed by atoms with van der Waals surface area (Å²) in [5, 5.41) is 9.11. The van der Waals surface area contributed by atoms with Gasteiger partial charge in [0.05, 0.1) is 6.26 Å². The van der Waals surface area contributed by atoms with Crippen LogP contribution in [0.1, 0.15) is 0 Å². The SMILES string of the molecule is N.NC(=O)C1(O)C=CC=CO1. The Morgan fingerprint density at radius 1 is 1.55 bits per heavy atom. The van der Waals surface area contributed by atoms with Gasteiger partial charge in [0.15, 0.2) is 0 Å². The van der Waals surface area contributed by atoms with Crippen LogP contribution < -0.4 is 11.9 Å². The lowest BCUT2D eigenvalue weighted by atomic mass is 10.2. The van der Waals surface area contributed by atoms with E-state index in [1.807, 2.05) is 0 Å². The van der Waals surface area contributed by atoms with Crippen molar-refractivity contribution in [2.75, 3.05) is 0 Å². The van der Waals surface area contributed by atoms with Gasteiger partial charge in [0.25, 0.3) is 5.91 Å². The summed E-state index contributed by atoms with van der Waals surface area (Å²) in [5.74, 6) is -2.87. The third-order valence-electron chi connectivity index (χ3n) is 1.11. The molecule has 6 N–H and O–H groups in total. The van der Waals surface area contributed by atoms with Crippen LogP contribution in [-0.4, -0.2) is 16.8 Å². The highest BCUT2D eigenvalue weighted by atomic mass is 16.6. The summed E-state index contributed by atoms with van der Waals surface area (Å²) >= 11 is 0. The van der Waals surface area contributed by atoms with Gasteiger partial charge in [-0.3, -0.25) is 4.79 Å². The van der Waals surface area contributed by atoms with E-state index >= 15 is 0 Å². The zero-order valence-electron chi connectivity index (χ0n) is 5.86. The number of hydrogen-bond donors (Lipinski definition) is 3. The second kappa shape index (κ2) is 3.18. The van der Waals surface area contributed by atoms with Crippen LogP contribution in [0.15, 0.2) is 24.5 Å². The van der Waals surface area contributed by atoms with Gasteiger partial charge >= 0.3 is 5.79 Å². The van der Waals surface area contributed by atoms with Crippen molar-refractivity contribution < 1.29 is 14.6 Å². The number of nitrogens with two attached hydrogens (primary N) is 1. The van der Waals surface area contributed by atoms with Crippen LogP contribution in [0.5, 0.6) is 0 Å². The van der Waals surface area contributed by atoms with E-state index in [9.17, 15) is 4.79 Å². The third-order valence-corrected chi connectivity index (χ3v) is 1.11. The molecule has 5 heteroatoms. The molecule has 0 aliphatic carbocycles. The standard InChI is InChI=1S/C6H7NO3.H3N/c7-5(8)6(9)3-1-2-4-10-6;/h1-4,9H,(H2,7,8);1H3. The number of rotatable bonds is 1. The van der Waals surface area contributed by atoms with Crippen molar-refractivity contribution in [3.63, 3.8) is 0 Å². The molecule has 0 aromatic heterocycles. The molecule has 0 bridgehead atoms. The fraction of sp³-hybridized carbons (Fsp3) is 0.167. The van der Waals surface area contributed by atoms with Gasteiger partial charge in [0.2, 0.25) is 0 Å². The van der Waals surface area contributed by atoms with Crippen LogP contribution in [-0.2, 0) is 9.53 Å². The maximum atomic E-state index is 10.4. The van der Waals surface area contributed by atoms with Crippen molar-refractivity contribution in [3.8, 4) is 0 Å². The van der Waals surface area contributed by atoms with Crippen molar-refractivity contribution in [3.05, 3.63) is 24.5 Å². The molecule has 0 saturated carbocycles. The van der Waals surface area contributed by atoms with E-state index in [-0.39, 0.29) is 6.15 Å².